The van der Waals surface area contributed by atoms with Crippen molar-refractivity contribution in [3.8, 4) is 5.75 Å². The summed E-state index contributed by atoms with van der Waals surface area (Å²) >= 11 is 5.66. The second-order valence-corrected chi connectivity index (χ2v) is 4.18. The van der Waals surface area contributed by atoms with E-state index >= 15 is 0 Å². The Labute approximate surface area is 107 Å². The van der Waals surface area contributed by atoms with Crippen LogP contribution >= 0.6 is 11.6 Å². The molecule has 0 radical (unpaired) electrons. The quantitative estimate of drug-likeness (QED) is 0.346. The van der Waals surface area contributed by atoms with Gasteiger partial charge in [-0.25, -0.2) is 0 Å². The van der Waals surface area contributed by atoms with E-state index in [-0.39, 0.29) is 5.17 Å². The second-order valence-electron chi connectivity index (χ2n) is 3.82. The highest BCUT2D eigenvalue weighted by atomic mass is 35.5. The molecule has 0 atom stereocenters. The van der Waals surface area contributed by atoms with Crippen LogP contribution in [0.25, 0.3) is 0 Å². The molecule has 0 heterocycles. The molecule has 0 fully saturated rings. The van der Waals surface area contributed by atoms with Crippen molar-refractivity contribution in [2.24, 2.45) is 5.16 Å². The van der Waals surface area contributed by atoms with E-state index in [9.17, 15) is 0 Å². The van der Waals surface area contributed by atoms with Gasteiger partial charge in [-0.05, 0) is 30.7 Å². The van der Waals surface area contributed by atoms with Crippen molar-refractivity contribution in [1.29, 1.82) is 0 Å². The maximum atomic E-state index is 8.51. The topological polar surface area (TPSA) is 41.8 Å². The van der Waals surface area contributed by atoms with Gasteiger partial charge in [-0.3, -0.25) is 0 Å². The van der Waals surface area contributed by atoms with Crippen LogP contribution in [-0.4, -0.2) is 17.0 Å². The molecule has 3 nitrogen and oxygen atoms in total. The lowest BCUT2D eigenvalue weighted by Crippen LogP contribution is -1.98. The summed E-state index contributed by atoms with van der Waals surface area (Å²) in [5, 5.41) is 11.5. The lowest BCUT2D eigenvalue weighted by atomic mass is 10.2. The molecule has 0 amide bonds. The van der Waals surface area contributed by atoms with Crippen LogP contribution in [0.4, 0.5) is 0 Å². The zero-order valence-corrected chi connectivity index (χ0v) is 10.8. The fourth-order valence-electron chi connectivity index (χ4n) is 1.47. The molecule has 0 aliphatic rings. The maximum Gasteiger partial charge on any atom is 0.175 e. The van der Waals surface area contributed by atoms with Crippen LogP contribution in [0, 0.1) is 0 Å². The molecule has 0 aromatic heterocycles. The van der Waals surface area contributed by atoms with Crippen molar-refractivity contribution < 1.29 is 9.94 Å². The largest absolute Gasteiger partial charge is 0.494 e. The molecule has 1 aromatic rings. The molecule has 0 bridgehead atoms. The zero-order valence-electron chi connectivity index (χ0n) is 10.0. The molecule has 0 aliphatic heterocycles. The fourth-order valence-corrected chi connectivity index (χ4v) is 1.59. The van der Waals surface area contributed by atoms with E-state index in [1.165, 1.54) is 19.3 Å². The van der Waals surface area contributed by atoms with Crippen LogP contribution in [0.2, 0.25) is 0 Å². The van der Waals surface area contributed by atoms with E-state index in [0.717, 1.165) is 18.8 Å². The lowest BCUT2D eigenvalue weighted by molar-refractivity contribution is 0.305. The number of rotatable bonds is 7. The highest BCUT2D eigenvalue weighted by Crippen LogP contribution is 2.14. The van der Waals surface area contributed by atoms with Gasteiger partial charge in [0.15, 0.2) is 5.17 Å². The number of oxime groups is 1. The standard InChI is InChI=1S/C13H18ClNO2/c1-2-3-4-5-10-17-12-8-6-11(7-9-12)13(14)15-16/h6-9,16H,2-5,10H2,1H3/b15-13+. The van der Waals surface area contributed by atoms with E-state index in [1.54, 1.807) is 12.1 Å². The van der Waals surface area contributed by atoms with Crippen LogP contribution in [0.15, 0.2) is 29.4 Å². The van der Waals surface area contributed by atoms with E-state index in [4.69, 9.17) is 21.5 Å². The molecule has 1 N–H and O–H groups in total. The van der Waals surface area contributed by atoms with Gasteiger partial charge in [-0.2, -0.15) is 0 Å². The Bertz CT molecular complexity index is 349. The highest BCUT2D eigenvalue weighted by Gasteiger charge is 2.00. The van der Waals surface area contributed by atoms with Gasteiger partial charge in [0.05, 0.1) is 6.61 Å². The first-order valence-electron chi connectivity index (χ1n) is 5.88. The summed E-state index contributed by atoms with van der Waals surface area (Å²) in [5.41, 5.74) is 0.674. The number of benzene rings is 1. The molecule has 94 valence electrons. The lowest BCUT2D eigenvalue weighted by Gasteiger charge is -2.06. The highest BCUT2D eigenvalue weighted by molar-refractivity contribution is 6.69. The average molecular weight is 256 g/mol. The predicted molar refractivity (Wildman–Crippen MR) is 70.3 cm³/mol. The van der Waals surface area contributed by atoms with Gasteiger partial charge < -0.3 is 9.94 Å². The molecule has 1 aromatic carbocycles. The molecule has 0 saturated carbocycles. The molecule has 0 aliphatic carbocycles. The van der Waals surface area contributed by atoms with Crippen LogP contribution in [0.5, 0.6) is 5.75 Å². The summed E-state index contributed by atoms with van der Waals surface area (Å²) in [6.07, 6.45) is 4.77. The Morgan fingerprint density at radius 3 is 2.53 bits per heavy atom. The minimum atomic E-state index is 0.0829. The molecular formula is C13H18ClNO2. The fraction of sp³-hybridized carbons (Fsp3) is 0.462. The van der Waals surface area contributed by atoms with Gasteiger partial charge >= 0.3 is 0 Å². The summed E-state index contributed by atoms with van der Waals surface area (Å²) in [7, 11) is 0. The van der Waals surface area contributed by atoms with Crippen LogP contribution in [0.1, 0.15) is 38.2 Å². The van der Waals surface area contributed by atoms with Crippen LogP contribution in [-0.2, 0) is 0 Å². The third-order valence-corrected chi connectivity index (χ3v) is 2.74. The Balaban J connectivity index is 2.35. The maximum absolute atomic E-state index is 8.51. The van der Waals surface area contributed by atoms with Gasteiger partial charge in [-0.1, -0.05) is 42.9 Å². The Morgan fingerprint density at radius 1 is 1.24 bits per heavy atom. The van der Waals surface area contributed by atoms with Crippen LogP contribution in [0.3, 0.4) is 0 Å². The predicted octanol–water partition coefficient (Wildman–Crippen LogP) is 4.02. The summed E-state index contributed by atoms with van der Waals surface area (Å²) in [4.78, 5) is 0. The van der Waals surface area contributed by atoms with Gasteiger partial charge in [0.2, 0.25) is 0 Å². The van der Waals surface area contributed by atoms with Crippen molar-refractivity contribution in [1.82, 2.24) is 0 Å². The Morgan fingerprint density at radius 2 is 1.94 bits per heavy atom. The third-order valence-electron chi connectivity index (χ3n) is 2.45. The van der Waals surface area contributed by atoms with Crippen molar-refractivity contribution >= 4 is 16.8 Å². The molecule has 1 rings (SSSR count). The van der Waals surface area contributed by atoms with Gasteiger partial charge in [0.25, 0.3) is 0 Å². The minimum absolute atomic E-state index is 0.0829. The molecule has 0 saturated heterocycles. The van der Waals surface area contributed by atoms with Crippen LogP contribution < -0.4 is 4.74 Å². The van der Waals surface area contributed by atoms with Crippen molar-refractivity contribution in [3.63, 3.8) is 0 Å². The number of halogens is 1. The molecular weight excluding hydrogens is 238 g/mol. The third kappa shape index (κ3) is 5.09. The monoisotopic (exact) mass is 255 g/mol. The molecule has 0 spiro atoms. The van der Waals surface area contributed by atoms with E-state index in [0.29, 0.717) is 5.56 Å². The van der Waals surface area contributed by atoms with E-state index in [2.05, 4.69) is 12.1 Å². The Hall–Kier alpha value is -1.22. The van der Waals surface area contributed by atoms with E-state index < -0.39 is 0 Å². The number of hydrogen-bond donors (Lipinski definition) is 1. The van der Waals surface area contributed by atoms with Crippen molar-refractivity contribution in [2.75, 3.05) is 6.61 Å². The average Bonchev–Trinajstić information content (AvgIpc) is 2.38. The van der Waals surface area contributed by atoms with Gasteiger partial charge in [-0.15, -0.1) is 0 Å². The first kappa shape index (κ1) is 13.8. The first-order chi connectivity index (χ1) is 8.27. The number of ether oxygens (including phenoxy) is 1. The number of hydrogen-bond acceptors (Lipinski definition) is 3. The van der Waals surface area contributed by atoms with Gasteiger partial charge in [0.1, 0.15) is 5.75 Å². The normalized spacial score (nSPS) is 11.5. The number of nitrogens with zero attached hydrogens (tertiary/aromatic N) is 1. The number of unbranched alkanes of at least 4 members (excludes halogenated alkanes) is 3. The Kier molecular flexibility index (Phi) is 6.48. The second kappa shape index (κ2) is 7.96. The molecule has 4 heteroatoms. The van der Waals surface area contributed by atoms with E-state index in [1.807, 2.05) is 12.1 Å². The smallest absolute Gasteiger partial charge is 0.175 e. The SMILES string of the molecule is CCCCCCOc1ccc(/C(Cl)=N\O)cc1. The minimum Gasteiger partial charge on any atom is -0.494 e. The molecule has 0 unspecified atom stereocenters. The van der Waals surface area contributed by atoms with Crippen molar-refractivity contribution in [2.45, 2.75) is 32.6 Å². The summed E-state index contributed by atoms with van der Waals surface area (Å²) in [5.74, 6) is 0.813. The molecule has 17 heavy (non-hydrogen) atoms. The zero-order chi connectivity index (χ0) is 12.5. The van der Waals surface area contributed by atoms with Crippen molar-refractivity contribution in [3.05, 3.63) is 29.8 Å². The first-order valence-corrected chi connectivity index (χ1v) is 6.26. The van der Waals surface area contributed by atoms with Gasteiger partial charge in [0, 0.05) is 5.56 Å². The summed E-state index contributed by atoms with van der Waals surface area (Å²) in [6.45, 7) is 2.92. The summed E-state index contributed by atoms with van der Waals surface area (Å²) in [6, 6.07) is 7.18. The summed E-state index contributed by atoms with van der Waals surface area (Å²) < 4.78 is 5.58.